The molecule has 2 aromatic carbocycles. The van der Waals surface area contributed by atoms with E-state index in [1.807, 2.05) is 37.3 Å². The van der Waals surface area contributed by atoms with Gasteiger partial charge in [0, 0.05) is 24.7 Å². The highest BCUT2D eigenvalue weighted by Crippen LogP contribution is 2.22. The van der Waals surface area contributed by atoms with Crippen LogP contribution < -0.4 is 10.1 Å². The first-order valence-electron chi connectivity index (χ1n) is 8.27. The Morgan fingerprint density at radius 3 is 2.46 bits per heavy atom. The van der Waals surface area contributed by atoms with Gasteiger partial charge >= 0.3 is 0 Å². The molecule has 0 aliphatic heterocycles. The summed E-state index contributed by atoms with van der Waals surface area (Å²) < 4.78 is 30.8. The molecule has 2 rings (SSSR count). The quantitative estimate of drug-likeness (QED) is 0.768. The standard InChI is InChI=1S/C19H24N2O4S/c1-15(16-8-5-4-6-9-16)21(26(3,23)24)13-12-20-19(22)17-10-7-11-18(14-17)25-2/h4-11,14-15H,12-13H2,1-3H3,(H,20,22). The van der Waals surface area contributed by atoms with E-state index in [0.717, 1.165) is 5.56 Å². The molecule has 1 unspecified atom stereocenters. The minimum atomic E-state index is -3.42. The number of carbonyl (C=O) groups excluding carboxylic acids is 1. The van der Waals surface area contributed by atoms with Crippen molar-refractivity contribution in [3.8, 4) is 5.75 Å². The van der Waals surface area contributed by atoms with Gasteiger partial charge in [-0.2, -0.15) is 4.31 Å². The van der Waals surface area contributed by atoms with Crippen molar-refractivity contribution in [2.45, 2.75) is 13.0 Å². The van der Waals surface area contributed by atoms with Crippen LogP contribution in [0.3, 0.4) is 0 Å². The van der Waals surface area contributed by atoms with E-state index in [-0.39, 0.29) is 25.0 Å². The van der Waals surface area contributed by atoms with Crippen molar-refractivity contribution < 1.29 is 17.9 Å². The molecule has 6 nitrogen and oxygen atoms in total. The molecule has 140 valence electrons. The van der Waals surface area contributed by atoms with Crippen LogP contribution in [-0.4, -0.2) is 45.1 Å². The van der Waals surface area contributed by atoms with Crippen molar-refractivity contribution in [3.05, 3.63) is 65.7 Å². The molecule has 0 radical (unpaired) electrons. The van der Waals surface area contributed by atoms with Crippen LogP contribution in [0, 0.1) is 0 Å². The Morgan fingerprint density at radius 2 is 1.85 bits per heavy atom. The van der Waals surface area contributed by atoms with Crippen LogP contribution in [0.15, 0.2) is 54.6 Å². The van der Waals surface area contributed by atoms with Gasteiger partial charge in [0.1, 0.15) is 5.75 Å². The average Bonchev–Trinajstić information content (AvgIpc) is 2.64. The highest BCUT2D eigenvalue weighted by atomic mass is 32.2. The molecule has 0 fully saturated rings. The summed E-state index contributed by atoms with van der Waals surface area (Å²) in [6.07, 6.45) is 1.18. The molecule has 26 heavy (non-hydrogen) atoms. The molecule has 1 atom stereocenters. The fraction of sp³-hybridized carbons (Fsp3) is 0.316. The zero-order valence-electron chi connectivity index (χ0n) is 15.2. The average molecular weight is 376 g/mol. The Bertz CT molecular complexity index is 838. The van der Waals surface area contributed by atoms with Crippen LogP contribution in [0.2, 0.25) is 0 Å². The second kappa shape index (κ2) is 8.82. The molecule has 0 aromatic heterocycles. The summed E-state index contributed by atoms with van der Waals surface area (Å²) in [6, 6.07) is 15.9. The highest BCUT2D eigenvalue weighted by molar-refractivity contribution is 7.88. The van der Waals surface area contributed by atoms with E-state index in [4.69, 9.17) is 4.74 Å². The van der Waals surface area contributed by atoms with Crippen LogP contribution >= 0.6 is 0 Å². The number of amides is 1. The third kappa shape index (κ3) is 5.31. The second-order valence-electron chi connectivity index (χ2n) is 5.95. The smallest absolute Gasteiger partial charge is 0.251 e. The number of hydrogen-bond donors (Lipinski definition) is 1. The van der Waals surface area contributed by atoms with E-state index in [2.05, 4.69) is 5.32 Å². The number of nitrogens with zero attached hydrogens (tertiary/aromatic N) is 1. The van der Waals surface area contributed by atoms with Crippen LogP contribution in [0.5, 0.6) is 5.75 Å². The van der Waals surface area contributed by atoms with Crippen molar-refractivity contribution in [3.63, 3.8) is 0 Å². The largest absolute Gasteiger partial charge is 0.497 e. The van der Waals surface area contributed by atoms with Crippen molar-refractivity contribution in [1.29, 1.82) is 0 Å². The topological polar surface area (TPSA) is 75.7 Å². The molecular weight excluding hydrogens is 352 g/mol. The first-order valence-corrected chi connectivity index (χ1v) is 10.1. The summed E-state index contributed by atoms with van der Waals surface area (Å²) in [5.41, 5.74) is 1.36. The summed E-state index contributed by atoms with van der Waals surface area (Å²) in [6.45, 7) is 2.23. The first kappa shape index (κ1) is 19.9. The second-order valence-corrected chi connectivity index (χ2v) is 7.88. The number of rotatable bonds is 8. The number of carbonyl (C=O) groups is 1. The third-order valence-electron chi connectivity index (χ3n) is 4.09. The summed E-state index contributed by atoms with van der Waals surface area (Å²) in [4.78, 5) is 12.2. The summed E-state index contributed by atoms with van der Waals surface area (Å²) in [5.74, 6) is 0.317. The van der Waals surface area contributed by atoms with Crippen LogP contribution in [0.4, 0.5) is 0 Å². The predicted octanol–water partition coefficient (Wildman–Crippen LogP) is 2.45. The van der Waals surface area contributed by atoms with E-state index >= 15 is 0 Å². The molecule has 0 aliphatic carbocycles. The van der Waals surface area contributed by atoms with Crippen molar-refractivity contribution >= 4 is 15.9 Å². The number of ether oxygens (including phenoxy) is 1. The molecular formula is C19H24N2O4S. The maximum Gasteiger partial charge on any atom is 0.251 e. The lowest BCUT2D eigenvalue weighted by atomic mass is 10.1. The number of sulfonamides is 1. The minimum Gasteiger partial charge on any atom is -0.497 e. The molecule has 1 amide bonds. The molecule has 0 saturated heterocycles. The number of benzene rings is 2. The van der Waals surface area contributed by atoms with Crippen LogP contribution in [0.25, 0.3) is 0 Å². The fourth-order valence-electron chi connectivity index (χ4n) is 2.69. The SMILES string of the molecule is COc1cccc(C(=O)NCCN(C(C)c2ccccc2)S(C)(=O)=O)c1. The maximum atomic E-state index is 12.2. The first-order chi connectivity index (χ1) is 12.3. The summed E-state index contributed by atoms with van der Waals surface area (Å²) >= 11 is 0. The Morgan fingerprint density at radius 1 is 1.15 bits per heavy atom. The van der Waals surface area contributed by atoms with E-state index in [1.54, 1.807) is 24.3 Å². The van der Waals surface area contributed by atoms with Gasteiger partial charge in [-0.05, 0) is 30.7 Å². The number of nitrogens with one attached hydrogen (secondary N) is 1. The third-order valence-corrected chi connectivity index (χ3v) is 5.44. The van der Waals surface area contributed by atoms with Crippen molar-refractivity contribution in [1.82, 2.24) is 9.62 Å². The molecule has 7 heteroatoms. The summed E-state index contributed by atoms with van der Waals surface area (Å²) in [5, 5.41) is 2.76. The lowest BCUT2D eigenvalue weighted by molar-refractivity contribution is 0.0950. The molecule has 1 N–H and O–H groups in total. The monoisotopic (exact) mass is 376 g/mol. The molecule has 0 spiro atoms. The Hall–Kier alpha value is -2.38. The molecule has 0 aliphatic rings. The zero-order valence-corrected chi connectivity index (χ0v) is 16.0. The molecule has 2 aromatic rings. The highest BCUT2D eigenvalue weighted by Gasteiger charge is 2.24. The van der Waals surface area contributed by atoms with Gasteiger partial charge in [0.15, 0.2) is 0 Å². The van der Waals surface area contributed by atoms with Gasteiger partial charge in [-0.3, -0.25) is 4.79 Å². The Labute approximate surface area is 154 Å². The van der Waals surface area contributed by atoms with E-state index in [9.17, 15) is 13.2 Å². The summed E-state index contributed by atoms with van der Waals surface area (Å²) in [7, 11) is -1.89. The molecule has 0 saturated carbocycles. The van der Waals surface area contributed by atoms with Gasteiger partial charge < -0.3 is 10.1 Å². The van der Waals surface area contributed by atoms with Gasteiger partial charge in [-0.25, -0.2) is 8.42 Å². The Kier molecular flexibility index (Phi) is 6.76. The van der Waals surface area contributed by atoms with Gasteiger partial charge in [-0.15, -0.1) is 0 Å². The lowest BCUT2D eigenvalue weighted by Crippen LogP contribution is -2.39. The molecule has 0 heterocycles. The van der Waals surface area contributed by atoms with E-state index in [1.165, 1.54) is 17.7 Å². The van der Waals surface area contributed by atoms with Gasteiger partial charge in [-0.1, -0.05) is 36.4 Å². The van der Waals surface area contributed by atoms with Crippen molar-refractivity contribution in [2.24, 2.45) is 0 Å². The fourth-order valence-corrected chi connectivity index (χ4v) is 3.81. The Balaban J connectivity index is 2.02. The lowest BCUT2D eigenvalue weighted by Gasteiger charge is -2.27. The predicted molar refractivity (Wildman–Crippen MR) is 102 cm³/mol. The van der Waals surface area contributed by atoms with Gasteiger partial charge in [0.2, 0.25) is 10.0 Å². The van der Waals surface area contributed by atoms with Crippen LogP contribution in [0.1, 0.15) is 28.9 Å². The number of hydrogen-bond acceptors (Lipinski definition) is 4. The number of methoxy groups -OCH3 is 1. The maximum absolute atomic E-state index is 12.2. The van der Waals surface area contributed by atoms with Gasteiger partial charge in [0.05, 0.1) is 13.4 Å². The minimum absolute atomic E-state index is 0.185. The van der Waals surface area contributed by atoms with Gasteiger partial charge in [0.25, 0.3) is 5.91 Å². The zero-order chi connectivity index (χ0) is 19.2. The molecule has 0 bridgehead atoms. The van der Waals surface area contributed by atoms with Crippen molar-refractivity contribution in [2.75, 3.05) is 26.5 Å². The normalized spacial score (nSPS) is 12.6. The van der Waals surface area contributed by atoms with E-state index in [0.29, 0.717) is 11.3 Å². The van der Waals surface area contributed by atoms with Crippen LogP contribution in [-0.2, 0) is 10.0 Å². The van der Waals surface area contributed by atoms with E-state index < -0.39 is 10.0 Å².